The van der Waals surface area contributed by atoms with E-state index in [1.807, 2.05) is 7.05 Å². The van der Waals surface area contributed by atoms with Gasteiger partial charge < -0.3 is 5.32 Å². The first-order chi connectivity index (χ1) is 9.72. The van der Waals surface area contributed by atoms with Crippen molar-refractivity contribution in [1.82, 2.24) is 10.2 Å². The molecular formula is C18H30N2. The molecule has 1 aromatic rings. The molecular weight excluding hydrogens is 244 g/mol. The van der Waals surface area contributed by atoms with Gasteiger partial charge in [0, 0.05) is 19.1 Å². The summed E-state index contributed by atoms with van der Waals surface area (Å²) in [5, 5.41) is 3.23. The highest BCUT2D eigenvalue weighted by molar-refractivity contribution is 5.23. The summed E-state index contributed by atoms with van der Waals surface area (Å²) in [5.41, 5.74) is 2.82. The maximum atomic E-state index is 3.23. The molecule has 20 heavy (non-hydrogen) atoms. The summed E-state index contributed by atoms with van der Waals surface area (Å²) >= 11 is 0. The lowest BCUT2D eigenvalue weighted by Gasteiger charge is -2.34. The number of nitrogens with one attached hydrogen (secondary N) is 1. The molecule has 0 bridgehead atoms. The molecule has 0 saturated heterocycles. The van der Waals surface area contributed by atoms with Crippen molar-refractivity contribution in [1.29, 1.82) is 0 Å². The van der Waals surface area contributed by atoms with E-state index in [0.29, 0.717) is 0 Å². The summed E-state index contributed by atoms with van der Waals surface area (Å²) in [4.78, 5) is 2.56. The monoisotopic (exact) mass is 274 g/mol. The molecule has 2 nitrogen and oxygen atoms in total. The molecule has 1 aliphatic carbocycles. The maximum absolute atomic E-state index is 3.23. The van der Waals surface area contributed by atoms with E-state index in [1.54, 1.807) is 0 Å². The number of hydrogen-bond donors (Lipinski definition) is 1. The van der Waals surface area contributed by atoms with Crippen LogP contribution in [0.15, 0.2) is 24.3 Å². The minimum absolute atomic E-state index is 0.783. The number of benzene rings is 1. The summed E-state index contributed by atoms with van der Waals surface area (Å²) < 4.78 is 0. The average molecular weight is 274 g/mol. The summed E-state index contributed by atoms with van der Waals surface area (Å²) in [7, 11) is 4.30. The molecule has 1 aliphatic rings. The van der Waals surface area contributed by atoms with E-state index in [1.165, 1.54) is 43.2 Å². The Balaban J connectivity index is 1.87. The molecule has 2 heteroatoms. The van der Waals surface area contributed by atoms with Gasteiger partial charge in [-0.3, -0.25) is 4.90 Å². The molecule has 1 fully saturated rings. The average Bonchev–Trinajstić information content (AvgIpc) is 2.48. The van der Waals surface area contributed by atoms with Crippen molar-refractivity contribution in [3.05, 3.63) is 35.4 Å². The number of hydrogen-bond acceptors (Lipinski definition) is 2. The second-order valence-corrected chi connectivity index (χ2v) is 6.35. The van der Waals surface area contributed by atoms with Gasteiger partial charge in [0.1, 0.15) is 0 Å². The minimum atomic E-state index is 0.783. The van der Waals surface area contributed by atoms with Crippen LogP contribution in [0.1, 0.15) is 50.2 Å². The molecule has 112 valence electrons. The topological polar surface area (TPSA) is 15.3 Å². The van der Waals surface area contributed by atoms with E-state index in [9.17, 15) is 0 Å². The first-order valence-electron chi connectivity index (χ1n) is 8.15. The zero-order valence-electron chi connectivity index (χ0n) is 13.4. The summed E-state index contributed by atoms with van der Waals surface area (Å²) in [6, 6.07) is 9.76. The molecule has 0 radical (unpaired) electrons. The lowest BCUT2D eigenvalue weighted by molar-refractivity contribution is 0.157. The Morgan fingerprint density at radius 1 is 1.15 bits per heavy atom. The zero-order chi connectivity index (χ0) is 14.4. The largest absolute Gasteiger partial charge is 0.316 e. The van der Waals surface area contributed by atoms with Gasteiger partial charge in [0.05, 0.1) is 0 Å². The first kappa shape index (κ1) is 15.5. The van der Waals surface area contributed by atoms with E-state index < -0.39 is 0 Å². The highest BCUT2D eigenvalue weighted by Gasteiger charge is 2.22. The Kier molecular flexibility index (Phi) is 6.06. The smallest absolute Gasteiger partial charge is 0.0233 e. The van der Waals surface area contributed by atoms with Crippen molar-refractivity contribution in [3.8, 4) is 0 Å². The highest BCUT2D eigenvalue weighted by Crippen LogP contribution is 2.29. The Bertz CT molecular complexity index is 394. The van der Waals surface area contributed by atoms with Crippen molar-refractivity contribution in [3.63, 3.8) is 0 Å². The summed E-state index contributed by atoms with van der Waals surface area (Å²) in [6.45, 7) is 4.38. The Morgan fingerprint density at radius 3 is 2.50 bits per heavy atom. The van der Waals surface area contributed by atoms with Gasteiger partial charge in [-0.25, -0.2) is 0 Å². The standard InChI is InChI=1S/C18H30N2/c1-4-15-8-10-18(11-9-15)20(3)14-17-7-5-6-16(12-17)13-19-2/h5-7,12,15,18-19H,4,8-11,13-14H2,1-3H3. The molecule has 0 atom stereocenters. The zero-order valence-corrected chi connectivity index (χ0v) is 13.4. The Labute approximate surface area is 124 Å². The normalized spacial score (nSPS) is 23.2. The van der Waals surface area contributed by atoms with E-state index >= 15 is 0 Å². The van der Waals surface area contributed by atoms with Crippen LogP contribution in [0.2, 0.25) is 0 Å². The predicted octanol–water partition coefficient (Wildman–Crippen LogP) is 3.81. The quantitative estimate of drug-likeness (QED) is 0.848. The van der Waals surface area contributed by atoms with Gasteiger partial charge in [-0.15, -0.1) is 0 Å². The van der Waals surface area contributed by atoms with Gasteiger partial charge in [-0.2, -0.15) is 0 Å². The van der Waals surface area contributed by atoms with Crippen molar-refractivity contribution in [2.75, 3.05) is 14.1 Å². The van der Waals surface area contributed by atoms with Crippen LogP contribution in [0.3, 0.4) is 0 Å². The van der Waals surface area contributed by atoms with Crippen LogP contribution in [0, 0.1) is 5.92 Å². The third-order valence-corrected chi connectivity index (χ3v) is 4.82. The lowest BCUT2D eigenvalue weighted by Crippen LogP contribution is -2.34. The molecule has 0 aromatic heterocycles. The lowest BCUT2D eigenvalue weighted by atomic mass is 9.84. The van der Waals surface area contributed by atoms with Gasteiger partial charge in [-0.05, 0) is 56.8 Å². The van der Waals surface area contributed by atoms with E-state index in [0.717, 1.165) is 25.0 Å². The van der Waals surface area contributed by atoms with Crippen LogP contribution in [0.5, 0.6) is 0 Å². The van der Waals surface area contributed by atoms with Crippen LogP contribution >= 0.6 is 0 Å². The second kappa shape index (κ2) is 7.80. The van der Waals surface area contributed by atoms with Crippen molar-refractivity contribution >= 4 is 0 Å². The molecule has 0 spiro atoms. The van der Waals surface area contributed by atoms with E-state index in [4.69, 9.17) is 0 Å². The van der Waals surface area contributed by atoms with Gasteiger partial charge in [0.25, 0.3) is 0 Å². The Morgan fingerprint density at radius 2 is 1.85 bits per heavy atom. The fraction of sp³-hybridized carbons (Fsp3) is 0.667. The molecule has 0 unspecified atom stereocenters. The predicted molar refractivity (Wildman–Crippen MR) is 86.7 cm³/mol. The second-order valence-electron chi connectivity index (χ2n) is 6.35. The molecule has 2 rings (SSSR count). The fourth-order valence-corrected chi connectivity index (χ4v) is 3.45. The van der Waals surface area contributed by atoms with Gasteiger partial charge in [0.2, 0.25) is 0 Å². The van der Waals surface area contributed by atoms with Crippen molar-refractivity contribution in [2.45, 2.75) is 58.2 Å². The molecule has 0 heterocycles. The fourth-order valence-electron chi connectivity index (χ4n) is 3.45. The molecule has 1 saturated carbocycles. The maximum Gasteiger partial charge on any atom is 0.0233 e. The third kappa shape index (κ3) is 4.32. The van der Waals surface area contributed by atoms with Crippen molar-refractivity contribution < 1.29 is 0 Å². The Hall–Kier alpha value is -0.860. The van der Waals surface area contributed by atoms with Crippen molar-refractivity contribution in [2.24, 2.45) is 5.92 Å². The van der Waals surface area contributed by atoms with Gasteiger partial charge in [0.15, 0.2) is 0 Å². The highest BCUT2D eigenvalue weighted by atomic mass is 15.1. The van der Waals surface area contributed by atoms with Crippen LogP contribution in [-0.2, 0) is 13.1 Å². The SMILES string of the molecule is CCC1CCC(N(C)Cc2cccc(CNC)c2)CC1. The van der Waals surface area contributed by atoms with Gasteiger partial charge in [-0.1, -0.05) is 37.6 Å². The summed E-state index contributed by atoms with van der Waals surface area (Å²) in [6.07, 6.45) is 6.97. The molecule has 1 N–H and O–H groups in total. The number of nitrogens with zero attached hydrogens (tertiary/aromatic N) is 1. The molecule has 1 aromatic carbocycles. The molecule has 0 amide bonds. The van der Waals surface area contributed by atoms with Crippen LogP contribution in [0.4, 0.5) is 0 Å². The summed E-state index contributed by atoms with van der Waals surface area (Å²) in [5.74, 6) is 0.985. The third-order valence-electron chi connectivity index (χ3n) is 4.82. The first-order valence-corrected chi connectivity index (χ1v) is 8.15. The van der Waals surface area contributed by atoms with Crippen LogP contribution in [0.25, 0.3) is 0 Å². The van der Waals surface area contributed by atoms with Crippen LogP contribution in [-0.4, -0.2) is 25.0 Å². The van der Waals surface area contributed by atoms with E-state index in [-0.39, 0.29) is 0 Å². The van der Waals surface area contributed by atoms with E-state index in [2.05, 4.69) is 48.5 Å². The minimum Gasteiger partial charge on any atom is -0.316 e. The van der Waals surface area contributed by atoms with Gasteiger partial charge >= 0.3 is 0 Å². The molecule has 0 aliphatic heterocycles. The number of rotatable bonds is 6. The van der Waals surface area contributed by atoms with Crippen LogP contribution < -0.4 is 5.32 Å².